The Hall–Kier alpha value is -2.08. The average Bonchev–Trinajstić information content (AvgIpc) is 3.02. The van der Waals surface area contributed by atoms with E-state index in [2.05, 4.69) is 20.9 Å². The molecule has 114 valence electrons. The van der Waals surface area contributed by atoms with Crippen LogP contribution in [0.3, 0.4) is 0 Å². The number of benzene rings is 1. The summed E-state index contributed by atoms with van der Waals surface area (Å²) in [6.07, 6.45) is 2.41. The highest BCUT2D eigenvalue weighted by atomic mass is 16.5. The number of amides is 1. The molecule has 1 heterocycles. The van der Waals surface area contributed by atoms with Gasteiger partial charge in [-0.05, 0) is 25.0 Å². The minimum atomic E-state index is -0.110. The number of aliphatic imine (C=N–C) groups is 1. The van der Waals surface area contributed by atoms with Crippen molar-refractivity contribution in [3.63, 3.8) is 0 Å². The van der Waals surface area contributed by atoms with E-state index in [0.29, 0.717) is 12.5 Å². The summed E-state index contributed by atoms with van der Waals surface area (Å²) in [7, 11) is 1.68. The van der Waals surface area contributed by atoms with Crippen LogP contribution in [-0.4, -0.2) is 44.7 Å². The molecule has 1 atom stereocenters. The predicted molar refractivity (Wildman–Crippen MR) is 83.4 cm³/mol. The molecule has 1 amide bonds. The molecule has 1 aliphatic rings. The van der Waals surface area contributed by atoms with Crippen LogP contribution in [0, 0.1) is 0 Å². The number of anilines is 1. The van der Waals surface area contributed by atoms with Crippen LogP contribution in [0.4, 0.5) is 5.69 Å². The first kappa shape index (κ1) is 15.3. The topological polar surface area (TPSA) is 74.8 Å². The van der Waals surface area contributed by atoms with Gasteiger partial charge in [0.05, 0.1) is 12.6 Å². The lowest BCUT2D eigenvalue weighted by Crippen LogP contribution is -2.43. The van der Waals surface area contributed by atoms with Crippen molar-refractivity contribution in [1.82, 2.24) is 10.6 Å². The lowest BCUT2D eigenvalue weighted by Gasteiger charge is -2.14. The third-order valence-corrected chi connectivity index (χ3v) is 3.22. The molecule has 21 heavy (non-hydrogen) atoms. The Bertz CT molecular complexity index is 470. The minimum Gasteiger partial charge on any atom is -0.376 e. The first-order valence-corrected chi connectivity index (χ1v) is 7.19. The minimum absolute atomic E-state index is 0.110. The molecule has 2 rings (SSSR count). The van der Waals surface area contributed by atoms with E-state index in [9.17, 15) is 4.79 Å². The van der Waals surface area contributed by atoms with E-state index in [1.807, 2.05) is 30.3 Å². The van der Waals surface area contributed by atoms with Crippen molar-refractivity contribution >= 4 is 17.6 Å². The summed E-state index contributed by atoms with van der Waals surface area (Å²) >= 11 is 0. The Morgan fingerprint density at radius 3 is 2.81 bits per heavy atom. The molecule has 0 spiro atoms. The van der Waals surface area contributed by atoms with Crippen LogP contribution in [0.5, 0.6) is 0 Å². The second-order valence-corrected chi connectivity index (χ2v) is 4.86. The summed E-state index contributed by atoms with van der Waals surface area (Å²) in [5.41, 5.74) is 0.784. The summed E-state index contributed by atoms with van der Waals surface area (Å²) in [6, 6.07) is 9.37. The van der Waals surface area contributed by atoms with Crippen LogP contribution in [0.2, 0.25) is 0 Å². The molecule has 1 saturated heterocycles. The van der Waals surface area contributed by atoms with Gasteiger partial charge in [0.2, 0.25) is 5.91 Å². The second-order valence-electron chi connectivity index (χ2n) is 4.86. The van der Waals surface area contributed by atoms with Gasteiger partial charge in [-0.25, -0.2) is 0 Å². The van der Waals surface area contributed by atoms with Crippen LogP contribution in [0.15, 0.2) is 35.3 Å². The first-order valence-electron chi connectivity index (χ1n) is 7.19. The Balaban J connectivity index is 1.68. The van der Waals surface area contributed by atoms with Crippen LogP contribution < -0.4 is 16.0 Å². The zero-order chi connectivity index (χ0) is 14.9. The zero-order valence-corrected chi connectivity index (χ0v) is 12.3. The maximum atomic E-state index is 11.8. The largest absolute Gasteiger partial charge is 0.376 e. The van der Waals surface area contributed by atoms with Crippen LogP contribution in [-0.2, 0) is 9.53 Å². The van der Waals surface area contributed by atoms with Crippen molar-refractivity contribution in [3.05, 3.63) is 30.3 Å². The van der Waals surface area contributed by atoms with E-state index in [4.69, 9.17) is 4.74 Å². The van der Waals surface area contributed by atoms with Gasteiger partial charge in [-0.2, -0.15) is 0 Å². The van der Waals surface area contributed by atoms with Crippen molar-refractivity contribution in [1.29, 1.82) is 0 Å². The molecule has 1 fully saturated rings. The highest BCUT2D eigenvalue weighted by Crippen LogP contribution is 2.10. The SMILES string of the molecule is CN=C(NCC(=O)Nc1ccccc1)NCC1CCCO1. The number of ether oxygens (including phenoxy) is 1. The third-order valence-electron chi connectivity index (χ3n) is 3.22. The predicted octanol–water partition coefficient (Wildman–Crippen LogP) is 0.969. The molecule has 6 nitrogen and oxygen atoms in total. The number of rotatable bonds is 5. The van der Waals surface area contributed by atoms with Crippen molar-refractivity contribution in [3.8, 4) is 0 Å². The number of nitrogens with zero attached hydrogens (tertiary/aromatic N) is 1. The van der Waals surface area contributed by atoms with Gasteiger partial charge in [0, 0.05) is 25.9 Å². The summed E-state index contributed by atoms with van der Waals surface area (Å²) in [6.45, 7) is 1.71. The molecular weight excluding hydrogens is 268 g/mol. The Morgan fingerprint density at radius 1 is 1.33 bits per heavy atom. The van der Waals surface area contributed by atoms with Gasteiger partial charge in [-0.1, -0.05) is 18.2 Å². The lowest BCUT2D eigenvalue weighted by molar-refractivity contribution is -0.115. The van der Waals surface area contributed by atoms with E-state index in [1.165, 1.54) is 0 Å². The van der Waals surface area contributed by atoms with Crippen LogP contribution in [0.25, 0.3) is 0 Å². The van der Waals surface area contributed by atoms with Crippen molar-refractivity contribution in [2.45, 2.75) is 18.9 Å². The van der Waals surface area contributed by atoms with Crippen molar-refractivity contribution in [2.75, 3.05) is 32.1 Å². The maximum Gasteiger partial charge on any atom is 0.243 e. The first-order chi connectivity index (χ1) is 10.3. The number of carbonyl (C=O) groups is 1. The highest BCUT2D eigenvalue weighted by molar-refractivity contribution is 5.94. The molecule has 3 N–H and O–H groups in total. The molecule has 0 saturated carbocycles. The van der Waals surface area contributed by atoms with E-state index in [0.717, 1.165) is 25.1 Å². The molecule has 1 aliphatic heterocycles. The van der Waals surface area contributed by atoms with E-state index >= 15 is 0 Å². The zero-order valence-electron chi connectivity index (χ0n) is 12.3. The van der Waals surface area contributed by atoms with Gasteiger partial charge < -0.3 is 20.7 Å². The smallest absolute Gasteiger partial charge is 0.243 e. The fourth-order valence-corrected chi connectivity index (χ4v) is 2.13. The van der Waals surface area contributed by atoms with Crippen LogP contribution >= 0.6 is 0 Å². The Labute approximate surface area is 125 Å². The van der Waals surface area contributed by atoms with Crippen molar-refractivity contribution < 1.29 is 9.53 Å². The summed E-state index contributed by atoms with van der Waals surface area (Å²) in [5.74, 6) is 0.495. The van der Waals surface area contributed by atoms with Gasteiger partial charge in [0.15, 0.2) is 5.96 Å². The standard InChI is InChI=1S/C15H22N4O2/c1-16-15(17-10-13-8-5-9-21-13)18-11-14(20)19-12-6-3-2-4-7-12/h2-4,6-7,13H,5,8-11H2,1H3,(H,19,20)(H2,16,17,18). The van der Waals surface area contributed by atoms with Gasteiger partial charge in [0.25, 0.3) is 0 Å². The molecule has 1 aromatic rings. The number of carbonyl (C=O) groups excluding carboxylic acids is 1. The summed E-state index contributed by atoms with van der Waals surface area (Å²) in [5, 5.41) is 8.96. The summed E-state index contributed by atoms with van der Waals surface area (Å²) in [4.78, 5) is 15.9. The third kappa shape index (κ3) is 5.43. The molecule has 0 bridgehead atoms. The molecule has 1 unspecified atom stereocenters. The number of para-hydroxylation sites is 1. The molecular formula is C15H22N4O2. The fraction of sp³-hybridized carbons (Fsp3) is 0.467. The average molecular weight is 290 g/mol. The monoisotopic (exact) mass is 290 g/mol. The number of nitrogens with one attached hydrogen (secondary N) is 3. The van der Waals surface area contributed by atoms with E-state index in [1.54, 1.807) is 7.05 Å². The van der Waals surface area contributed by atoms with Gasteiger partial charge in [-0.3, -0.25) is 9.79 Å². The Kier molecular flexibility index (Phi) is 6.02. The molecule has 0 aliphatic carbocycles. The van der Waals surface area contributed by atoms with Crippen LogP contribution in [0.1, 0.15) is 12.8 Å². The van der Waals surface area contributed by atoms with Crippen molar-refractivity contribution in [2.24, 2.45) is 4.99 Å². The number of guanidine groups is 1. The van der Waals surface area contributed by atoms with E-state index < -0.39 is 0 Å². The quantitative estimate of drug-likeness (QED) is 0.558. The van der Waals surface area contributed by atoms with Gasteiger partial charge in [-0.15, -0.1) is 0 Å². The molecule has 0 aromatic heterocycles. The summed E-state index contributed by atoms with van der Waals surface area (Å²) < 4.78 is 5.53. The van der Waals surface area contributed by atoms with Gasteiger partial charge >= 0.3 is 0 Å². The molecule has 0 radical (unpaired) electrons. The Morgan fingerprint density at radius 2 is 2.14 bits per heavy atom. The molecule has 1 aromatic carbocycles. The second kappa shape index (κ2) is 8.26. The van der Waals surface area contributed by atoms with E-state index in [-0.39, 0.29) is 18.6 Å². The number of hydrogen-bond donors (Lipinski definition) is 3. The molecule has 6 heteroatoms. The fourth-order valence-electron chi connectivity index (χ4n) is 2.13. The lowest BCUT2D eigenvalue weighted by atomic mass is 10.2. The van der Waals surface area contributed by atoms with Gasteiger partial charge in [0.1, 0.15) is 0 Å². The number of hydrogen-bond acceptors (Lipinski definition) is 3. The maximum absolute atomic E-state index is 11.8. The highest BCUT2D eigenvalue weighted by Gasteiger charge is 2.15. The normalized spacial score (nSPS) is 18.3.